The number of unbranched alkanes of at least 4 members (excludes halogenated alkanes) is 41. The highest BCUT2D eigenvalue weighted by atomic mass is 16.6. The van der Waals surface area contributed by atoms with Gasteiger partial charge < -0.3 is 14.2 Å². The van der Waals surface area contributed by atoms with Gasteiger partial charge in [0.25, 0.3) is 0 Å². The molecule has 0 saturated carbocycles. The van der Waals surface area contributed by atoms with Crippen LogP contribution in [-0.4, -0.2) is 37.2 Å². The maximum Gasteiger partial charge on any atom is 0.306 e. The fraction of sp³-hybridized carbons (Fsp3) is 0.838. The average molecular weight is 1040 g/mol. The van der Waals surface area contributed by atoms with Crippen molar-refractivity contribution in [3.8, 4) is 0 Å². The Morgan fingerprint density at radius 1 is 0.284 bits per heavy atom. The summed E-state index contributed by atoms with van der Waals surface area (Å²) in [5.41, 5.74) is 0. The van der Waals surface area contributed by atoms with E-state index in [1.54, 1.807) is 0 Å². The van der Waals surface area contributed by atoms with E-state index in [4.69, 9.17) is 14.2 Å². The molecule has 0 aromatic heterocycles. The van der Waals surface area contributed by atoms with Gasteiger partial charge in [-0.1, -0.05) is 320 Å². The van der Waals surface area contributed by atoms with Crippen LogP contribution in [0.2, 0.25) is 0 Å². The quantitative estimate of drug-likeness (QED) is 0.0261. The predicted molar refractivity (Wildman–Crippen MR) is 321 cm³/mol. The fourth-order valence-electron chi connectivity index (χ4n) is 9.73. The van der Waals surface area contributed by atoms with E-state index in [2.05, 4.69) is 69.4 Å². The fourth-order valence-corrected chi connectivity index (χ4v) is 9.73. The van der Waals surface area contributed by atoms with Crippen molar-refractivity contribution in [3.63, 3.8) is 0 Å². The Kier molecular flexibility index (Phi) is 60.7. The van der Waals surface area contributed by atoms with Crippen LogP contribution < -0.4 is 0 Å². The van der Waals surface area contributed by atoms with E-state index in [0.717, 1.165) is 89.9 Å². The molecular formula is C68H124O6. The molecular weight excluding hydrogens is 913 g/mol. The van der Waals surface area contributed by atoms with Gasteiger partial charge in [-0.25, -0.2) is 0 Å². The van der Waals surface area contributed by atoms with E-state index in [1.807, 2.05) is 0 Å². The third kappa shape index (κ3) is 60.2. The third-order valence-electron chi connectivity index (χ3n) is 14.6. The highest BCUT2D eigenvalue weighted by molar-refractivity contribution is 5.71. The minimum Gasteiger partial charge on any atom is -0.462 e. The second-order valence-corrected chi connectivity index (χ2v) is 22.0. The van der Waals surface area contributed by atoms with Gasteiger partial charge in [0, 0.05) is 19.3 Å². The zero-order valence-corrected chi connectivity index (χ0v) is 49.6. The number of hydrogen-bond acceptors (Lipinski definition) is 6. The van der Waals surface area contributed by atoms with Crippen LogP contribution in [0, 0.1) is 0 Å². The molecule has 0 aliphatic heterocycles. The standard InChI is InChI=1S/C68H124O6/c1-4-7-10-13-16-19-22-25-27-29-31-33-34-36-37-39-41-43-46-49-52-55-58-61-67(70)73-64-65(63-72-66(69)60-57-54-51-48-45-24-21-18-15-12-9-6-3)74-68(71)62-59-56-53-50-47-44-42-40-38-35-32-30-28-26-23-20-17-14-11-8-5-2/h8,11,17,20,26,28,32,35,65H,4-7,9-10,12-16,18-19,21-25,27,29-31,33-34,36-64H2,1-3H3/b11-8-,20-17-,28-26-,35-32-. The first kappa shape index (κ1) is 71.4. The molecule has 432 valence electrons. The Bertz CT molecular complexity index is 1280. The van der Waals surface area contributed by atoms with Crippen LogP contribution in [0.25, 0.3) is 0 Å². The minimum atomic E-state index is -0.775. The topological polar surface area (TPSA) is 78.9 Å². The monoisotopic (exact) mass is 1040 g/mol. The van der Waals surface area contributed by atoms with Gasteiger partial charge in [0.15, 0.2) is 6.10 Å². The Morgan fingerprint density at radius 2 is 0.527 bits per heavy atom. The van der Waals surface area contributed by atoms with Crippen LogP contribution in [0.4, 0.5) is 0 Å². The molecule has 0 rings (SSSR count). The van der Waals surface area contributed by atoms with E-state index < -0.39 is 6.10 Å². The first-order chi connectivity index (χ1) is 36.5. The smallest absolute Gasteiger partial charge is 0.306 e. The van der Waals surface area contributed by atoms with E-state index in [9.17, 15) is 14.4 Å². The molecule has 0 bridgehead atoms. The van der Waals surface area contributed by atoms with Crippen molar-refractivity contribution in [1.29, 1.82) is 0 Å². The third-order valence-corrected chi connectivity index (χ3v) is 14.6. The van der Waals surface area contributed by atoms with Crippen LogP contribution >= 0.6 is 0 Å². The molecule has 6 heteroatoms. The summed E-state index contributed by atoms with van der Waals surface area (Å²) in [4.78, 5) is 38.3. The summed E-state index contributed by atoms with van der Waals surface area (Å²) in [6.07, 6.45) is 78.4. The minimum absolute atomic E-state index is 0.0713. The lowest BCUT2D eigenvalue weighted by Crippen LogP contribution is -2.30. The molecule has 1 atom stereocenters. The van der Waals surface area contributed by atoms with Gasteiger partial charge in [-0.05, 0) is 57.8 Å². The summed E-state index contributed by atoms with van der Waals surface area (Å²) in [6, 6.07) is 0. The van der Waals surface area contributed by atoms with E-state index >= 15 is 0 Å². The maximum absolute atomic E-state index is 12.9. The van der Waals surface area contributed by atoms with Crippen LogP contribution in [0.3, 0.4) is 0 Å². The first-order valence-electron chi connectivity index (χ1n) is 32.6. The van der Waals surface area contributed by atoms with Crippen molar-refractivity contribution < 1.29 is 28.6 Å². The summed E-state index contributed by atoms with van der Waals surface area (Å²) in [7, 11) is 0. The molecule has 6 nitrogen and oxygen atoms in total. The van der Waals surface area contributed by atoms with E-state index in [0.29, 0.717) is 19.3 Å². The van der Waals surface area contributed by atoms with Crippen molar-refractivity contribution in [2.45, 2.75) is 354 Å². The summed E-state index contributed by atoms with van der Waals surface area (Å²) >= 11 is 0. The zero-order valence-electron chi connectivity index (χ0n) is 49.6. The number of rotatable bonds is 60. The Hall–Kier alpha value is -2.63. The van der Waals surface area contributed by atoms with Crippen molar-refractivity contribution >= 4 is 17.9 Å². The number of allylic oxidation sites excluding steroid dienone is 8. The second kappa shape index (κ2) is 62.9. The zero-order chi connectivity index (χ0) is 53.6. The van der Waals surface area contributed by atoms with Gasteiger partial charge in [-0.3, -0.25) is 14.4 Å². The van der Waals surface area contributed by atoms with Crippen LogP contribution in [0.1, 0.15) is 348 Å². The first-order valence-corrected chi connectivity index (χ1v) is 32.6. The normalized spacial score (nSPS) is 12.3. The van der Waals surface area contributed by atoms with Crippen molar-refractivity contribution in [3.05, 3.63) is 48.6 Å². The molecule has 0 aliphatic rings. The molecule has 0 aromatic carbocycles. The van der Waals surface area contributed by atoms with Gasteiger partial charge in [0.05, 0.1) is 0 Å². The Labute approximate surface area is 460 Å². The molecule has 0 spiro atoms. The van der Waals surface area contributed by atoms with Crippen molar-refractivity contribution in [2.75, 3.05) is 13.2 Å². The van der Waals surface area contributed by atoms with Gasteiger partial charge in [0.2, 0.25) is 0 Å². The number of carbonyl (C=O) groups excluding carboxylic acids is 3. The lowest BCUT2D eigenvalue weighted by Gasteiger charge is -2.18. The lowest BCUT2D eigenvalue weighted by atomic mass is 10.0. The second-order valence-electron chi connectivity index (χ2n) is 22.0. The summed E-state index contributed by atoms with van der Waals surface area (Å²) in [5, 5.41) is 0. The van der Waals surface area contributed by atoms with Crippen LogP contribution in [-0.2, 0) is 28.6 Å². The summed E-state index contributed by atoms with van der Waals surface area (Å²) in [5.74, 6) is -0.856. The number of hydrogen-bond donors (Lipinski definition) is 0. The van der Waals surface area contributed by atoms with Gasteiger partial charge in [0.1, 0.15) is 13.2 Å². The molecule has 0 radical (unpaired) electrons. The molecule has 0 aromatic rings. The maximum atomic E-state index is 12.9. The van der Waals surface area contributed by atoms with Crippen molar-refractivity contribution in [2.24, 2.45) is 0 Å². The molecule has 0 aliphatic carbocycles. The van der Waals surface area contributed by atoms with Gasteiger partial charge in [-0.15, -0.1) is 0 Å². The lowest BCUT2D eigenvalue weighted by molar-refractivity contribution is -0.167. The summed E-state index contributed by atoms with van der Waals surface area (Å²) in [6.45, 7) is 6.58. The Morgan fingerprint density at radius 3 is 0.824 bits per heavy atom. The Balaban J connectivity index is 4.26. The van der Waals surface area contributed by atoms with Crippen LogP contribution in [0.5, 0.6) is 0 Å². The largest absolute Gasteiger partial charge is 0.462 e. The predicted octanol–water partition coefficient (Wildman–Crippen LogP) is 22.2. The molecule has 74 heavy (non-hydrogen) atoms. The van der Waals surface area contributed by atoms with Gasteiger partial charge >= 0.3 is 17.9 Å². The highest BCUT2D eigenvalue weighted by Crippen LogP contribution is 2.18. The van der Waals surface area contributed by atoms with E-state index in [-0.39, 0.29) is 31.1 Å². The van der Waals surface area contributed by atoms with Crippen LogP contribution in [0.15, 0.2) is 48.6 Å². The number of ether oxygens (including phenoxy) is 3. The number of esters is 3. The molecule has 0 heterocycles. The highest BCUT2D eigenvalue weighted by Gasteiger charge is 2.19. The van der Waals surface area contributed by atoms with Crippen molar-refractivity contribution in [1.82, 2.24) is 0 Å². The number of carbonyl (C=O) groups is 3. The molecule has 0 amide bonds. The molecule has 0 N–H and O–H groups in total. The molecule has 0 saturated heterocycles. The molecule has 0 fully saturated rings. The van der Waals surface area contributed by atoms with Gasteiger partial charge in [-0.2, -0.15) is 0 Å². The summed E-state index contributed by atoms with van der Waals surface area (Å²) < 4.78 is 16.9. The van der Waals surface area contributed by atoms with E-state index in [1.165, 1.54) is 218 Å². The molecule has 1 unspecified atom stereocenters. The average Bonchev–Trinajstić information content (AvgIpc) is 3.40. The SMILES string of the molecule is CC/C=C\C/C=C\C/C=C\C/C=C\CCCCCCCCCCC(=O)OC(COC(=O)CCCCCCCCCCCCCC)COC(=O)CCCCCCCCCCCCCCCCCCCCCCCCC.